The average Bonchev–Trinajstić information content (AvgIpc) is 2.54. The number of rotatable bonds is 6. The van der Waals surface area contributed by atoms with Crippen LogP contribution >= 0.6 is 0 Å². The minimum atomic E-state index is -0.443. The van der Waals surface area contributed by atoms with Crippen LogP contribution in [0.5, 0.6) is 11.5 Å². The van der Waals surface area contributed by atoms with Gasteiger partial charge in [0.25, 0.3) is 0 Å². The fraction of sp³-hybridized carbons (Fsp3) is 0.714. The van der Waals surface area contributed by atoms with Crippen molar-refractivity contribution in [3.05, 3.63) is 23.3 Å². The summed E-state index contributed by atoms with van der Waals surface area (Å²) < 4.78 is 6.39. The number of aryl methyl sites for hydroxylation is 1. The molecule has 0 unspecified atom stereocenters. The van der Waals surface area contributed by atoms with Crippen molar-refractivity contribution in [1.29, 1.82) is 0 Å². The summed E-state index contributed by atoms with van der Waals surface area (Å²) in [4.78, 5) is 0. The van der Waals surface area contributed by atoms with Gasteiger partial charge in [-0.05, 0) is 56.7 Å². The van der Waals surface area contributed by atoms with E-state index in [1.54, 1.807) is 0 Å². The Morgan fingerprint density at radius 1 is 1.24 bits per heavy atom. The van der Waals surface area contributed by atoms with Crippen LogP contribution in [0.25, 0.3) is 0 Å². The minimum Gasteiger partial charge on any atom is -0.508 e. The maximum atomic E-state index is 10.7. The molecule has 1 heterocycles. The Morgan fingerprint density at radius 3 is 2.76 bits per heavy atom. The standard InChI is InChI=1S/C21H32O4/c1-3-4-5-6-14-11-18(24)20-16-13-15(23)7-8-17(16)21(2,9-10-22)25-19(20)12-14/h11-12,15-17,22-24H,3-10,13H2,1-2H3/t15-,16-,17-,21+/m1/s1. The highest BCUT2D eigenvalue weighted by atomic mass is 16.5. The van der Waals surface area contributed by atoms with E-state index in [9.17, 15) is 15.3 Å². The molecule has 1 aliphatic carbocycles. The zero-order valence-corrected chi connectivity index (χ0v) is 15.5. The lowest BCUT2D eigenvalue weighted by atomic mass is 9.64. The Kier molecular flexibility index (Phi) is 5.59. The lowest BCUT2D eigenvalue weighted by Crippen LogP contribution is -2.50. The van der Waals surface area contributed by atoms with Crippen LogP contribution in [-0.2, 0) is 6.42 Å². The number of fused-ring (bicyclic) bond motifs is 3. The Morgan fingerprint density at radius 2 is 2.04 bits per heavy atom. The molecule has 2 aliphatic rings. The van der Waals surface area contributed by atoms with E-state index in [2.05, 4.69) is 19.9 Å². The van der Waals surface area contributed by atoms with Gasteiger partial charge in [-0.3, -0.25) is 0 Å². The molecule has 140 valence electrons. The Bertz CT molecular complexity index is 600. The molecule has 0 amide bonds. The fourth-order valence-electron chi connectivity index (χ4n) is 4.83. The first-order chi connectivity index (χ1) is 12.0. The summed E-state index contributed by atoms with van der Waals surface area (Å²) >= 11 is 0. The van der Waals surface area contributed by atoms with Crippen LogP contribution in [0.4, 0.5) is 0 Å². The number of unbranched alkanes of at least 4 members (excludes halogenated alkanes) is 2. The van der Waals surface area contributed by atoms with E-state index in [1.807, 2.05) is 6.07 Å². The SMILES string of the molecule is CCCCCc1cc(O)c2c(c1)O[C@@](C)(CCO)[C@@H]1CC[C@@H](O)C[C@@H]21. The lowest BCUT2D eigenvalue weighted by molar-refractivity contribution is -0.0560. The maximum Gasteiger partial charge on any atom is 0.127 e. The molecule has 0 bridgehead atoms. The monoisotopic (exact) mass is 348 g/mol. The first-order valence-electron chi connectivity index (χ1n) is 9.82. The quantitative estimate of drug-likeness (QED) is 0.682. The van der Waals surface area contributed by atoms with Crippen molar-refractivity contribution in [3.8, 4) is 11.5 Å². The van der Waals surface area contributed by atoms with Crippen LogP contribution in [0.3, 0.4) is 0 Å². The van der Waals surface area contributed by atoms with Crippen molar-refractivity contribution in [2.45, 2.75) is 82.8 Å². The molecule has 3 N–H and O–H groups in total. The highest BCUT2D eigenvalue weighted by Gasteiger charge is 2.49. The van der Waals surface area contributed by atoms with E-state index < -0.39 is 5.60 Å². The number of aromatic hydroxyl groups is 1. The smallest absolute Gasteiger partial charge is 0.127 e. The second kappa shape index (κ2) is 7.55. The number of benzene rings is 1. The number of hydrogen-bond donors (Lipinski definition) is 3. The molecular formula is C21H32O4. The van der Waals surface area contributed by atoms with Gasteiger partial charge in [-0.15, -0.1) is 0 Å². The maximum absolute atomic E-state index is 10.7. The molecule has 1 aromatic carbocycles. The molecule has 1 saturated carbocycles. The zero-order valence-electron chi connectivity index (χ0n) is 15.5. The first kappa shape index (κ1) is 18.5. The van der Waals surface area contributed by atoms with E-state index in [0.717, 1.165) is 42.6 Å². The van der Waals surface area contributed by atoms with Gasteiger partial charge in [0.15, 0.2) is 0 Å². The third-order valence-corrected chi connectivity index (χ3v) is 6.18. The minimum absolute atomic E-state index is 0.0831. The Hall–Kier alpha value is -1.26. The van der Waals surface area contributed by atoms with E-state index in [0.29, 0.717) is 18.6 Å². The van der Waals surface area contributed by atoms with Crippen molar-refractivity contribution in [2.75, 3.05) is 6.61 Å². The van der Waals surface area contributed by atoms with Crippen molar-refractivity contribution in [2.24, 2.45) is 5.92 Å². The summed E-state index contributed by atoms with van der Waals surface area (Å²) in [7, 11) is 0. The molecule has 1 aromatic rings. The summed E-state index contributed by atoms with van der Waals surface area (Å²) in [6.07, 6.45) is 6.92. The topological polar surface area (TPSA) is 69.9 Å². The number of aliphatic hydroxyl groups excluding tert-OH is 2. The average molecular weight is 348 g/mol. The number of aliphatic hydroxyl groups is 2. The molecule has 0 spiro atoms. The number of ether oxygens (including phenoxy) is 1. The molecule has 0 saturated heterocycles. The fourth-order valence-corrected chi connectivity index (χ4v) is 4.83. The van der Waals surface area contributed by atoms with Crippen LogP contribution in [0.2, 0.25) is 0 Å². The lowest BCUT2D eigenvalue weighted by Gasteiger charge is -2.50. The summed E-state index contributed by atoms with van der Waals surface area (Å²) in [5.74, 6) is 1.36. The Balaban J connectivity index is 1.96. The van der Waals surface area contributed by atoms with Crippen molar-refractivity contribution < 1.29 is 20.1 Å². The highest BCUT2D eigenvalue weighted by molar-refractivity contribution is 5.52. The van der Waals surface area contributed by atoms with Crippen molar-refractivity contribution in [1.82, 2.24) is 0 Å². The van der Waals surface area contributed by atoms with E-state index in [-0.39, 0.29) is 24.5 Å². The van der Waals surface area contributed by atoms with Gasteiger partial charge < -0.3 is 20.1 Å². The second-order valence-corrected chi connectivity index (χ2v) is 8.05. The van der Waals surface area contributed by atoms with Gasteiger partial charge in [-0.25, -0.2) is 0 Å². The largest absolute Gasteiger partial charge is 0.508 e. The highest BCUT2D eigenvalue weighted by Crippen LogP contribution is 2.55. The molecule has 4 atom stereocenters. The summed E-state index contributed by atoms with van der Waals surface area (Å²) in [5, 5.41) is 30.4. The molecule has 4 heteroatoms. The molecule has 0 radical (unpaired) electrons. The van der Waals surface area contributed by atoms with Crippen LogP contribution < -0.4 is 4.74 Å². The van der Waals surface area contributed by atoms with Gasteiger partial charge in [-0.1, -0.05) is 19.8 Å². The third kappa shape index (κ3) is 3.65. The molecule has 25 heavy (non-hydrogen) atoms. The number of hydrogen-bond acceptors (Lipinski definition) is 4. The van der Waals surface area contributed by atoms with E-state index in [4.69, 9.17) is 4.74 Å². The van der Waals surface area contributed by atoms with Gasteiger partial charge >= 0.3 is 0 Å². The molecule has 1 fully saturated rings. The number of phenolic OH excluding ortho intramolecular Hbond substituents is 1. The van der Waals surface area contributed by atoms with Crippen molar-refractivity contribution >= 4 is 0 Å². The molecule has 0 aromatic heterocycles. The zero-order chi connectivity index (χ0) is 18.0. The summed E-state index contributed by atoms with van der Waals surface area (Å²) in [6, 6.07) is 3.95. The van der Waals surface area contributed by atoms with Gasteiger partial charge in [0, 0.05) is 30.4 Å². The van der Waals surface area contributed by atoms with Crippen LogP contribution in [0, 0.1) is 5.92 Å². The predicted molar refractivity (Wildman–Crippen MR) is 98.2 cm³/mol. The van der Waals surface area contributed by atoms with Crippen LogP contribution in [-0.4, -0.2) is 33.6 Å². The normalized spacial score (nSPS) is 31.1. The number of phenols is 1. The van der Waals surface area contributed by atoms with Crippen LogP contribution in [0.15, 0.2) is 12.1 Å². The van der Waals surface area contributed by atoms with Gasteiger partial charge in [0.2, 0.25) is 0 Å². The molecular weight excluding hydrogens is 316 g/mol. The van der Waals surface area contributed by atoms with E-state index >= 15 is 0 Å². The van der Waals surface area contributed by atoms with Gasteiger partial charge in [-0.2, -0.15) is 0 Å². The predicted octanol–water partition coefficient (Wildman–Crippen LogP) is 3.90. The molecule has 3 rings (SSSR count). The first-order valence-corrected chi connectivity index (χ1v) is 9.82. The molecule has 4 nitrogen and oxygen atoms in total. The van der Waals surface area contributed by atoms with Gasteiger partial charge in [0.05, 0.1) is 6.10 Å². The second-order valence-electron chi connectivity index (χ2n) is 8.05. The Labute approximate surface area is 150 Å². The summed E-state index contributed by atoms with van der Waals surface area (Å²) in [5.41, 5.74) is 1.52. The third-order valence-electron chi connectivity index (χ3n) is 6.18. The van der Waals surface area contributed by atoms with Crippen molar-refractivity contribution in [3.63, 3.8) is 0 Å². The van der Waals surface area contributed by atoms with Crippen LogP contribution in [0.1, 0.15) is 75.8 Å². The van der Waals surface area contributed by atoms with Gasteiger partial charge in [0.1, 0.15) is 17.1 Å². The van der Waals surface area contributed by atoms with E-state index in [1.165, 1.54) is 12.8 Å². The molecule has 1 aliphatic heterocycles. The summed E-state index contributed by atoms with van der Waals surface area (Å²) in [6.45, 7) is 4.34.